The van der Waals surface area contributed by atoms with Gasteiger partial charge in [-0.05, 0) is 60.9 Å². The van der Waals surface area contributed by atoms with Gasteiger partial charge in [-0.25, -0.2) is 9.78 Å². The molecule has 1 aromatic heterocycles. The SMILES string of the molecule is CCOC(=O)Nc1ccc(Nc2ccc(Cc3ccc(OC)cc3)cc2)nc1N. The predicted octanol–water partition coefficient (Wildman–Crippen LogP) is 4.58. The summed E-state index contributed by atoms with van der Waals surface area (Å²) >= 11 is 0. The van der Waals surface area contributed by atoms with E-state index in [-0.39, 0.29) is 12.4 Å². The number of nitrogens with two attached hydrogens (primary N) is 1. The van der Waals surface area contributed by atoms with Crippen LogP contribution in [-0.2, 0) is 11.2 Å². The third-order valence-electron chi connectivity index (χ3n) is 4.23. The molecule has 0 aliphatic heterocycles. The molecule has 0 aliphatic carbocycles. The van der Waals surface area contributed by atoms with E-state index in [9.17, 15) is 4.79 Å². The summed E-state index contributed by atoms with van der Waals surface area (Å²) in [4.78, 5) is 15.8. The Morgan fingerprint density at radius 2 is 1.66 bits per heavy atom. The summed E-state index contributed by atoms with van der Waals surface area (Å²) in [5.41, 5.74) is 9.63. The smallest absolute Gasteiger partial charge is 0.411 e. The normalized spacial score (nSPS) is 10.3. The zero-order chi connectivity index (χ0) is 20.6. The minimum Gasteiger partial charge on any atom is -0.497 e. The van der Waals surface area contributed by atoms with Crippen LogP contribution in [0.5, 0.6) is 5.75 Å². The maximum Gasteiger partial charge on any atom is 0.411 e. The van der Waals surface area contributed by atoms with Gasteiger partial charge < -0.3 is 20.5 Å². The molecular weight excluding hydrogens is 368 g/mol. The first kappa shape index (κ1) is 20.0. The van der Waals surface area contributed by atoms with Crippen molar-refractivity contribution in [1.82, 2.24) is 4.98 Å². The van der Waals surface area contributed by atoms with Crippen molar-refractivity contribution in [3.8, 4) is 5.75 Å². The molecule has 4 N–H and O–H groups in total. The van der Waals surface area contributed by atoms with Crippen molar-refractivity contribution < 1.29 is 14.3 Å². The molecule has 0 radical (unpaired) electrons. The first-order valence-corrected chi connectivity index (χ1v) is 9.26. The number of amides is 1. The summed E-state index contributed by atoms with van der Waals surface area (Å²) in [6.45, 7) is 2.02. The lowest BCUT2D eigenvalue weighted by molar-refractivity contribution is 0.168. The fourth-order valence-corrected chi connectivity index (χ4v) is 2.76. The topological polar surface area (TPSA) is 98.5 Å². The molecule has 29 heavy (non-hydrogen) atoms. The van der Waals surface area contributed by atoms with E-state index >= 15 is 0 Å². The third-order valence-corrected chi connectivity index (χ3v) is 4.23. The second-order valence-electron chi connectivity index (χ2n) is 6.32. The molecule has 3 aromatic rings. The highest BCUT2D eigenvalue weighted by atomic mass is 16.5. The van der Waals surface area contributed by atoms with Gasteiger partial charge in [-0.2, -0.15) is 0 Å². The van der Waals surface area contributed by atoms with Crippen LogP contribution in [0.4, 0.5) is 27.8 Å². The van der Waals surface area contributed by atoms with E-state index < -0.39 is 6.09 Å². The number of pyridine rings is 1. The second-order valence-corrected chi connectivity index (χ2v) is 6.32. The van der Waals surface area contributed by atoms with Gasteiger partial charge in [-0.1, -0.05) is 24.3 Å². The van der Waals surface area contributed by atoms with Crippen LogP contribution >= 0.6 is 0 Å². The lowest BCUT2D eigenvalue weighted by Gasteiger charge is -2.11. The molecule has 1 amide bonds. The van der Waals surface area contributed by atoms with E-state index in [4.69, 9.17) is 15.2 Å². The Labute approximate surface area is 169 Å². The van der Waals surface area contributed by atoms with Gasteiger partial charge in [0, 0.05) is 5.69 Å². The van der Waals surface area contributed by atoms with Gasteiger partial charge in [-0.15, -0.1) is 0 Å². The van der Waals surface area contributed by atoms with E-state index in [1.54, 1.807) is 26.2 Å². The van der Waals surface area contributed by atoms with Crippen LogP contribution < -0.4 is 21.1 Å². The third kappa shape index (κ3) is 5.62. The van der Waals surface area contributed by atoms with Crippen LogP contribution in [0.1, 0.15) is 18.1 Å². The number of hydrogen-bond donors (Lipinski definition) is 3. The van der Waals surface area contributed by atoms with Crippen molar-refractivity contribution in [2.45, 2.75) is 13.3 Å². The van der Waals surface area contributed by atoms with Crippen molar-refractivity contribution in [3.05, 3.63) is 71.8 Å². The number of anilines is 4. The fraction of sp³-hybridized carbons (Fsp3) is 0.182. The Bertz CT molecular complexity index is 957. The molecular formula is C22H24N4O3. The first-order valence-electron chi connectivity index (χ1n) is 9.26. The summed E-state index contributed by atoms with van der Waals surface area (Å²) in [7, 11) is 1.66. The highest BCUT2D eigenvalue weighted by Gasteiger charge is 2.08. The van der Waals surface area contributed by atoms with Gasteiger partial charge in [0.2, 0.25) is 0 Å². The molecule has 0 saturated heterocycles. The van der Waals surface area contributed by atoms with Gasteiger partial charge in [0.1, 0.15) is 17.4 Å². The molecule has 0 spiro atoms. The number of aromatic nitrogens is 1. The van der Waals surface area contributed by atoms with Crippen molar-refractivity contribution in [3.63, 3.8) is 0 Å². The molecule has 1 heterocycles. The number of rotatable bonds is 7. The second kappa shape index (κ2) is 9.45. The van der Waals surface area contributed by atoms with E-state index in [0.29, 0.717) is 11.5 Å². The minimum atomic E-state index is -0.561. The number of nitrogens with one attached hydrogen (secondary N) is 2. The average Bonchev–Trinajstić information content (AvgIpc) is 2.72. The van der Waals surface area contributed by atoms with Gasteiger partial charge in [0.25, 0.3) is 0 Å². The van der Waals surface area contributed by atoms with Crippen molar-refractivity contribution >= 4 is 29.1 Å². The standard InChI is InChI=1S/C22H24N4O3/c1-3-29-22(27)25-19-12-13-20(26-21(19)23)24-17-8-4-15(5-9-17)14-16-6-10-18(28-2)11-7-16/h4-13H,3,14H2,1-2H3,(H,25,27)(H3,23,24,26). The summed E-state index contributed by atoms with van der Waals surface area (Å²) in [6, 6.07) is 19.6. The Balaban J connectivity index is 1.61. The van der Waals surface area contributed by atoms with Crippen LogP contribution in [0.2, 0.25) is 0 Å². The number of methoxy groups -OCH3 is 1. The Kier molecular flexibility index (Phi) is 6.52. The van der Waals surface area contributed by atoms with E-state index in [1.165, 1.54) is 11.1 Å². The average molecular weight is 392 g/mol. The van der Waals surface area contributed by atoms with Gasteiger partial charge >= 0.3 is 6.09 Å². The number of carbonyl (C=O) groups excluding carboxylic acids is 1. The van der Waals surface area contributed by atoms with Crippen molar-refractivity contribution in [1.29, 1.82) is 0 Å². The fourth-order valence-electron chi connectivity index (χ4n) is 2.76. The van der Waals surface area contributed by atoms with Crippen LogP contribution in [0, 0.1) is 0 Å². The van der Waals surface area contributed by atoms with Crippen molar-refractivity contribution in [2.24, 2.45) is 0 Å². The summed E-state index contributed by atoms with van der Waals surface area (Å²) in [6.07, 6.45) is 0.276. The van der Waals surface area contributed by atoms with E-state index in [2.05, 4.69) is 39.9 Å². The molecule has 7 nitrogen and oxygen atoms in total. The van der Waals surface area contributed by atoms with E-state index in [1.807, 2.05) is 24.3 Å². The number of nitrogen functional groups attached to an aromatic ring is 1. The molecule has 0 atom stereocenters. The molecule has 150 valence electrons. The monoisotopic (exact) mass is 392 g/mol. The van der Waals surface area contributed by atoms with Crippen molar-refractivity contribution in [2.75, 3.05) is 30.1 Å². The predicted molar refractivity (Wildman–Crippen MR) is 115 cm³/mol. The lowest BCUT2D eigenvalue weighted by Crippen LogP contribution is -2.15. The van der Waals surface area contributed by atoms with Gasteiger partial charge in [0.15, 0.2) is 0 Å². The highest BCUT2D eigenvalue weighted by Crippen LogP contribution is 2.22. The van der Waals surface area contributed by atoms with Crippen LogP contribution in [0.15, 0.2) is 60.7 Å². The Morgan fingerprint density at radius 1 is 1.00 bits per heavy atom. The van der Waals surface area contributed by atoms with Crippen LogP contribution in [0.25, 0.3) is 0 Å². The number of benzene rings is 2. The van der Waals surface area contributed by atoms with E-state index in [0.717, 1.165) is 17.9 Å². The quantitative estimate of drug-likeness (QED) is 0.545. The van der Waals surface area contributed by atoms with Gasteiger partial charge in [-0.3, -0.25) is 5.32 Å². The largest absolute Gasteiger partial charge is 0.497 e. The Hall–Kier alpha value is -3.74. The molecule has 0 bridgehead atoms. The molecule has 0 aliphatic rings. The number of carbonyl (C=O) groups is 1. The molecule has 0 fully saturated rings. The molecule has 0 saturated carbocycles. The lowest BCUT2D eigenvalue weighted by atomic mass is 10.0. The maximum atomic E-state index is 11.5. The number of ether oxygens (including phenoxy) is 2. The maximum absolute atomic E-state index is 11.5. The molecule has 0 unspecified atom stereocenters. The first-order chi connectivity index (χ1) is 14.1. The molecule has 3 rings (SSSR count). The zero-order valence-corrected chi connectivity index (χ0v) is 16.4. The highest BCUT2D eigenvalue weighted by molar-refractivity contribution is 5.88. The molecule has 7 heteroatoms. The summed E-state index contributed by atoms with van der Waals surface area (Å²) < 4.78 is 10.0. The number of hydrogen-bond acceptors (Lipinski definition) is 6. The summed E-state index contributed by atoms with van der Waals surface area (Å²) in [5, 5.41) is 5.76. The minimum absolute atomic E-state index is 0.208. The Morgan fingerprint density at radius 3 is 2.24 bits per heavy atom. The van der Waals surface area contributed by atoms with Gasteiger partial charge in [0.05, 0.1) is 19.4 Å². The summed E-state index contributed by atoms with van der Waals surface area (Å²) in [5.74, 6) is 1.64. The zero-order valence-electron chi connectivity index (χ0n) is 16.4. The van der Waals surface area contributed by atoms with Crippen LogP contribution in [-0.4, -0.2) is 24.8 Å². The van der Waals surface area contributed by atoms with Crippen LogP contribution in [0.3, 0.4) is 0 Å². The molecule has 2 aromatic carbocycles. The number of nitrogens with zero attached hydrogens (tertiary/aromatic N) is 1.